The molecule has 1 aliphatic heterocycles. The van der Waals surface area contributed by atoms with E-state index in [1.54, 1.807) is 0 Å². The summed E-state index contributed by atoms with van der Waals surface area (Å²) < 4.78 is 11.7. The van der Waals surface area contributed by atoms with E-state index in [0.717, 1.165) is 25.3 Å². The number of nitrogens with one attached hydrogen (secondary N) is 1. The summed E-state index contributed by atoms with van der Waals surface area (Å²) in [6, 6.07) is 8.80. The second-order valence-corrected chi connectivity index (χ2v) is 6.46. The lowest BCUT2D eigenvalue weighted by atomic mass is 9.87. The Hall–Kier alpha value is -1.06. The molecule has 0 amide bonds. The molecule has 112 valence electrons. The van der Waals surface area contributed by atoms with Crippen LogP contribution in [0.15, 0.2) is 24.3 Å². The summed E-state index contributed by atoms with van der Waals surface area (Å²) in [6.07, 6.45) is 1.11. The van der Waals surface area contributed by atoms with E-state index in [4.69, 9.17) is 9.47 Å². The van der Waals surface area contributed by atoms with E-state index in [0.29, 0.717) is 12.6 Å². The first-order valence-electron chi connectivity index (χ1n) is 7.59. The van der Waals surface area contributed by atoms with Gasteiger partial charge < -0.3 is 14.8 Å². The van der Waals surface area contributed by atoms with Crippen molar-refractivity contribution in [2.24, 2.45) is 0 Å². The molecule has 0 spiro atoms. The van der Waals surface area contributed by atoms with Gasteiger partial charge in [0, 0.05) is 12.6 Å². The average molecular weight is 277 g/mol. The van der Waals surface area contributed by atoms with Crippen molar-refractivity contribution < 1.29 is 9.47 Å². The summed E-state index contributed by atoms with van der Waals surface area (Å²) in [5.74, 6) is 0.941. The van der Waals surface area contributed by atoms with Crippen molar-refractivity contribution >= 4 is 0 Å². The van der Waals surface area contributed by atoms with Crippen molar-refractivity contribution in [2.45, 2.75) is 51.7 Å². The van der Waals surface area contributed by atoms with Crippen LogP contribution in [0.25, 0.3) is 0 Å². The van der Waals surface area contributed by atoms with E-state index in [-0.39, 0.29) is 11.5 Å². The minimum atomic E-state index is 0.0962. The first-order valence-corrected chi connectivity index (χ1v) is 7.59. The molecule has 1 saturated heterocycles. The molecule has 0 saturated carbocycles. The lowest BCUT2D eigenvalue weighted by Crippen LogP contribution is -2.49. The normalized spacial score (nSPS) is 23.6. The van der Waals surface area contributed by atoms with Gasteiger partial charge in [-0.25, -0.2) is 0 Å². The highest BCUT2D eigenvalue weighted by Crippen LogP contribution is 2.27. The summed E-state index contributed by atoms with van der Waals surface area (Å²) >= 11 is 0. The molecule has 0 radical (unpaired) electrons. The zero-order valence-corrected chi connectivity index (χ0v) is 13.1. The molecule has 3 nitrogen and oxygen atoms in total. The number of hydrogen-bond acceptors (Lipinski definition) is 3. The number of hydrogen-bond donors (Lipinski definition) is 1. The van der Waals surface area contributed by atoms with Gasteiger partial charge in [-0.3, -0.25) is 0 Å². The fraction of sp³-hybridized carbons (Fsp3) is 0.647. The van der Waals surface area contributed by atoms with Crippen molar-refractivity contribution in [1.82, 2.24) is 5.32 Å². The Bertz CT molecular complexity index is 423. The maximum Gasteiger partial charge on any atom is 0.137 e. The molecule has 1 heterocycles. The van der Waals surface area contributed by atoms with Crippen LogP contribution in [-0.4, -0.2) is 31.9 Å². The summed E-state index contributed by atoms with van der Waals surface area (Å²) in [4.78, 5) is 0. The van der Waals surface area contributed by atoms with Gasteiger partial charge in [-0.2, -0.15) is 0 Å². The van der Waals surface area contributed by atoms with Gasteiger partial charge in [0.15, 0.2) is 0 Å². The van der Waals surface area contributed by atoms with E-state index < -0.39 is 0 Å². The van der Waals surface area contributed by atoms with Gasteiger partial charge in [-0.05, 0) is 36.1 Å². The van der Waals surface area contributed by atoms with Crippen molar-refractivity contribution in [3.63, 3.8) is 0 Å². The van der Waals surface area contributed by atoms with Crippen molar-refractivity contribution in [3.05, 3.63) is 29.8 Å². The Kier molecular flexibility index (Phi) is 5.06. The van der Waals surface area contributed by atoms with Crippen LogP contribution in [-0.2, 0) is 10.2 Å². The number of rotatable bonds is 4. The predicted molar refractivity (Wildman–Crippen MR) is 82.5 cm³/mol. The Labute approximate surface area is 122 Å². The van der Waals surface area contributed by atoms with E-state index >= 15 is 0 Å². The average Bonchev–Trinajstić information content (AvgIpc) is 2.41. The fourth-order valence-corrected chi connectivity index (χ4v) is 2.53. The van der Waals surface area contributed by atoms with Gasteiger partial charge in [0.25, 0.3) is 0 Å². The van der Waals surface area contributed by atoms with Crippen LogP contribution in [0.4, 0.5) is 0 Å². The molecular formula is C17H27NO2. The Morgan fingerprint density at radius 1 is 1.35 bits per heavy atom. The monoisotopic (exact) mass is 277 g/mol. The van der Waals surface area contributed by atoms with Gasteiger partial charge >= 0.3 is 0 Å². The Morgan fingerprint density at radius 3 is 2.85 bits per heavy atom. The highest BCUT2D eigenvalue weighted by Gasteiger charge is 2.27. The SMILES string of the molecule is CCNC1CCOCC1Oc1cccc(C(C)(C)C)c1. The third-order valence-corrected chi connectivity index (χ3v) is 3.76. The Morgan fingerprint density at radius 2 is 2.15 bits per heavy atom. The van der Waals surface area contributed by atoms with Gasteiger partial charge in [0.1, 0.15) is 11.9 Å². The molecule has 2 rings (SSSR count). The molecule has 1 aromatic rings. The second-order valence-electron chi connectivity index (χ2n) is 6.46. The lowest BCUT2D eigenvalue weighted by molar-refractivity contribution is -0.0143. The molecule has 1 aliphatic rings. The van der Waals surface area contributed by atoms with Crippen molar-refractivity contribution in [3.8, 4) is 5.75 Å². The van der Waals surface area contributed by atoms with Crippen LogP contribution < -0.4 is 10.1 Å². The van der Waals surface area contributed by atoms with E-state index in [1.807, 2.05) is 6.07 Å². The van der Waals surface area contributed by atoms with Crippen molar-refractivity contribution in [2.75, 3.05) is 19.8 Å². The standard InChI is InChI=1S/C17H27NO2/c1-5-18-15-9-10-19-12-16(15)20-14-8-6-7-13(11-14)17(2,3)4/h6-8,11,15-16,18H,5,9-10,12H2,1-4H3. The van der Waals surface area contributed by atoms with E-state index in [2.05, 4.69) is 51.2 Å². The van der Waals surface area contributed by atoms with Crippen LogP contribution in [0.2, 0.25) is 0 Å². The lowest BCUT2D eigenvalue weighted by Gasteiger charge is -2.32. The molecule has 1 fully saturated rings. The topological polar surface area (TPSA) is 30.5 Å². The van der Waals surface area contributed by atoms with E-state index in [9.17, 15) is 0 Å². The summed E-state index contributed by atoms with van der Waals surface area (Å²) in [5, 5.41) is 3.49. The third kappa shape index (κ3) is 3.97. The van der Waals surface area contributed by atoms with Crippen LogP contribution in [0, 0.1) is 0 Å². The molecule has 0 aromatic heterocycles. The van der Waals surface area contributed by atoms with Crippen molar-refractivity contribution in [1.29, 1.82) is 0 Å². The highest BCUT2D eigenvalue weighted by atomic mass is 16.5. The van der Waals surface area contributed by atoms with Crippen LogP contribution in [0.5, 0.6) is 5.75 Å². The minimum absolute atomic E-state index is 0.0962. The second kappa shape index (κ2) is 6.59. The summed E-state index contributed by atoms with van der Waals surface area (Å²) in [7, 11) is 0. The smallest absolute Gasteiger partial charge is 0.137 e. The van der Waals surface area contributed by atoms with E-state index in [1.165, 1.54) is 5.56 Å². The fourth-order valence-electron chi connectivity index (χ4n) is 2.53. The largest absolute Gasteiger partial charge is 0.486 e. The molecular weight excluding hydrogens is 250 g/mol. The van der Waals surface area contributed by atoms with Gasteiger partial charge in [-0.1, -0.05) is 39.8 Å². The quantitative estimate of drug-likeness (QED) is 0.917. The predicted octanol–water partition coefficient (Wildman–Crippen LogP) is 3.13. The Balaban J connectivity index is 2.08. The number of likely N-dealkylation sites (N-methyl/N-ethyl adjacent to an activating group) is 1. The molecule has 0 bridgehead atoms. The van der Waals surface area contributed by atoms with Crippen LogP contribution in [0.3, 0.4) is 0 Å². The highest BCUT2D eigenvalue weighted by molar-refractivity contribution is 5.32. The molecule has 1 N–H and O–H groups in total. The first kappa shape index (κ1) is 15.3. The molecule has 2 unspecified atom stereocenters. The molecule has 0 aliphatic carbocycles. The maximum atomic E-state index is 6.17. The molecule has 3 heteroatoms. The maximum absolute atomic E-state index is 6.17. The molecule has 20 heavy (non-hydrogen) atoms. The molecule has 1 aromatic carbocycles. The van der Waals surface area contributed by atoms with Gasteiger partial charge in [-0.15, -0.1) is 0 Å². The third-order valence-electron chi connectivity index (χ3n) is 3.76. The van der Waals surface area contributed by atoms with Crippen LogP contribution in [0.1, 0.15) is 39.7 Å². The van der Waals surface area contributed by atoms with Crippen LogP contribution >= 0.6 is 0 Å². The first-order chi connectivity index (χ1) is 9.50. The zero-order valence-electron chi connectivity index (χ0n) is 13.1. The number of benzene rings is 1. The van der Waals surface area contributed by atoms with Gasteiger partial charge in [0.05, 0.1) is 6.61 Å². The minimum Gasteiger partial charge on any atom is -0.486 e. The number of ether oxygens (including phenoxy) is 2. The van der Waals surface area contributed by atoms with Gasteiger partial charge in [0.2, 0.25) is 0 Å². The summed E-state index contributed by atoms with van der Waals surface area (Å²) in [5.41, 5.74) is 1.44. The molecule has 2 atom stereocenters. The summed E-state index contributed by atoms with van der Waals surface area (Å²) in [6.45, 7) is 11.2. The zero-order chi connectivity index (χ0) is 14.6.